The van der Waals surface area contributed by atoms with Crippen molar-refractivity contribution in [1.82, 2.24) is 4.90 Å². The lowest BCUT2D eigenvalue weighted by Crippen LogP contribution is -2.34. The fourth-order valence-electron chi connectivity index (χ4n) is 1.61. The summed E-state index contributed by atoms with van der Waals surface area (Å²) in [5.74, 6) is 1.31. The average molecular weight is 216 g/mol. The van der Waals surface area contributed by atoms with Crippen molar-refractivity contribution in [2.75, 3.05) is 25.4 Å². The summed E-state index contributed by atoms with van der Waals surface area (Å²) in [6, 6.07) is 0. The van der Waals surface area contributed by atoms with E-state index in [4.69, 9.17) is 5.73 Å². The smallest absolute Gasteiger partial charge is 0.235 e. The van der Waals surface area contributed by atoms with Gasteiger partial charge in [0.25, 0.3) is 0 Å². The van der Waals surface area contributed by atoms with Gasteiger partial charge in [-0.25, -0.2) is 0 Å². The van der Waals surface area contributed by atoms with Gasteiger partial charge in [-0.3, -0.25) is 4.79 Å². The Kier molecular flexibility index (Phi) is 5.33. The van der Waals surface area contributed by atoms with Crippen LogP contribution in [0.15, 0.2) is 0 Å². The van der Waals surface area contributed by atoms with E-state index >= 15 is 0 Å². The van der Waals surface area contributed by atoms with E-state index in [9.17, 15) is 4.79 Å². The second-order valence-corrected chi connectivity index (χ2v) is 5.14. The van der Waals surface area contributed by atoms with E-state index in [1.165, 1.54) is 12.8 Å². The fourth-order valence-corrected chi connectivity index (χ4v) is 2.59. The van der Waals surface area contributed by atoms with E-state index < -0.39 is 0 Å². The highest BCUT2D eigenvalue weighted by molar-refractivity contribution is 8.00. The zero-order valence-corrected chi connectivity index (χ0v) is 9.68. The van der Waals surface area contributed by atoms with Gasteiger partial charge in [0.05, 0.1) is 5.25 Å². The Balaban J connectivity index is 2.21. The highest BCUT2D eigenvalue weighted by Gasteiger charge is 2.22. The van der Waals surface area contributed by atoms with Gasteiger partial charge in [0.2, 0.25) is 5.91 Å². The molecule has 0 aromatic heterocycles. The van der Waals surface area contributed by atoms with E-state index in [2.05, 4.69) is 0 Å². The first-order chi connectivity index (χ1) is 6.75. The predicted molar refractivity (Wildman–Crippen MR) is 61.4 cm³/mol. The molecule has 1 unspecified atom stereocenters. The third-order valence-electron chi connectivity index (χ3n) is 2.48. The molecule has 0 aliphatic carbocycles. The minimum absolute atomic E-state index is 0.111. The summed E-state index contributed by atoms with van der Waals surface area (Å²) in [6.45, 7) is 4.64. The van der Waals surface area contributed by atoms with Crippen LogP contribution in [0.2, 0.25) is 0 Å². The number of hydrogen-bond acceptors (Lipinski definition) is 3. The van der Waals surface area contributed by atoms with Gasteiger partial charge in [-0.15, -0.1) is 11.8 Å². The summed E-state index contributed by atoms with van der Waals surface area (Å²) in [5.41, 5.74) is 5.40. The fraction of sp³-hybridized carbons (Fsp3) is 0.900. The van der Waals surface area contributed by atoms with Gasteiger partial charge < -0.3 is 10.6 Å². The van der Waals surface area contributed by atoms with Gasteiger partial charge in [0, 0.05) is 13.1 Å². The van der Waals surface area contributed by atoms with Crippen LogP contribution in [0.3, 0.4) is 0 Å². The van der Waals surface area contributed by atoms with Gasteiger partial charge in [-0.1, -0.05) is 0 Å². The predicted octanol–water partition coefficient (Wildman–Crippen LogP) is 1.08. The van der Waals surface area contributed by atoms with E-state index in [1.807, 2.05) is 11.8 Å². The first-order valence-corrected chi connectivity index (χ1v) is 6.41. The van der Waals surface area contributed by atoms with Crippen LogP contribution in [0.1, 0.15) is 26.2 Å². The largest absolute Gasteiger partial charge is 0.342 e. The van der Waals surface area contributed by atoms with Crippen LogP contribution >= 0.6 is 11.8 Å². The molecule has 1 aliphatic heterocycles. The van der Waals surface area contributed by atoms with Crippen LogP contribution in [-0.4, -0.2) is 41.4 Å². The first kappa shape index (κ1) is 11.9. The molecule has 2 N–H and O–H groups in total. The summed E-state index contributed by atoms with van der Waals surface area (Å²) >= 11 is 1.72. The quantitative estimate of drug-likeness (QED) is 0.700. The molecule has 0 radical (unpaired) electrons. The van der Waals surface area contributed by atoms with Gasteiger partial charge in [0.15, 0.2) is 0 Å². The monoisotopic (exact) mass is 216 g/mol. The minimum atomic E-state index is 0.111. The third kappa shape index (κ3) is 3.50. The third-order valence-corrected chi connectivity index (χ3v) is 3.71. The zero-order chi connectivity index (χ0) is 10.4. The summed E-state index contributed by atoms with van der Waals surface area (Å²) < 4.78 is 0. The Bertz CT molecular complexity index is 181. The van der Waals surface area contributed by atoms with E-state index in [0.29, 0.717) is 5.91 Å². The molecule has 82 valence electrons. The van der Waals surface area contributed by atoms with Crippen molar-refractivity contribution in [3.8, 4) is 0 Å². The van der Waals surface area contributed by atoms with Crippen LogP contribution in [0.4, 0.5) is 0 Å². The lowest BCUT2D eigenvalue weighted by Gasteiger charge is -2.19. The Morgan fingerprint density at radius 3 is 2.71 bits per heavy atom. The molecule has 0 aromatic rings. The molecule has 0 aromatic carbocycles. The van der Waals surface area contributed by atoms with Crippen LogP contribution in [0.25, 0.3) is 0 Å². The number of nitrogens with two attached hydrogens (primary N) is 1. The number of nitrogens with zero attached hydrogens (tertiary/aromatic N) is 1. The Labute approximate surface area is 90.4 Å². The average Bonchev–Trinajstić information content (AvgIpc) is 2.69. The highest BCUT2D eigenvalue weighted by Crippen LogP contribution is 2.17. The maximum Gasteiger partial charge on any atom is 0.235 e. The second-order valence-electron chi connectivity index (χ2n) is 3.69. The molecular formula is C10H20N2OS. The lowest BCUT2D eigenvalue weighted by atomic mass is 10.4. The number of likely N-dealkylation sites (tertiary alicyclic amines) is 1. The van der Waals surface area contributed by atoms with Crippen LogP contribution in [-0.2, 0) is 4.79 Å². The molecule has 0 bridgehead atoms. The molecule has 1 aliphatic rings. The maximum atomic E-state index is 11.8. The molecule has 4 heteroatoms. The second kappa shape index (κ2) is 6.30. The van der Waals surface area contributed by atoms with E-state index in [-0.39, 0.29) is 5.25 Å². The molecule has 1 fully saturated rings. The van der Waals surface area contributed by atoms with Gasteiger partial charge in [-0.05, 0) is 38.5 Å². The first-order valence-electron chi connectivity index (χ1n) is 5.36. The summed E-state index contributed by atoms with van der Waals surface area (Å²) in [4.78, 5) is 13.8. The summed E-state index contributed by atoms with van der Waals surface area (Å²) in [6.07, 6.45) is 3.35. The molecule has 14 heavy (non-hydrogen) atoms. The summed E-state index contributed by atoms with van der Waals surface area (Å²) in [7, 11) is 0. The molecule has 1 heterocycles. The molecule has 1 rings (SSSR count). The Morgan fingerprint density at radius 1 is 1.50 bits per heavy atom. The van der Waals surface area contributed by atoms with Crippen LogP contribution in [0, 0.1) is 0 Å². The number of carbonyl (C=O) groups excluding carboxylic acids is 1. The Hall–Kier alpha value is -0.220. The number of amides is 1. The number of hydrogen-bond donors (Lipinski definition) is 1. The van der Waals surface area contributed by atoms with Crippen LogP contribution in [0.5, 0.6) is 0 Å². The topological polar surface area (TPSA) is 46.3 Å². The normalized spacial score (nSPS) is 18.6. The lowest BCUT2D eigenvalue weighted by molar-refractivity contribution is -0.129. The van der Waals surface area contributed by atoms with E-state index in [1.54, 1.807) is 11.8 Å². The molecule has 1 atom stereocenters. The molecule has 1 saturated heterocycles. The molecule has 3 nitrogen and oxygen atoms in total. The van der Waals surface area contributed by atoms with Crippen molar-refractivity contribution in [3.05, 3.63) is 0 Å². The Morgan fingerprint density at radius 2 is 2.14 bits per heavy atom. The van der Waals surface area contributed by atoms with Gasteiger partial charge in [-0.2, -0.15) is 0 Å². The standard InChI is InChI=1S/C10H20N2OS/c1-9(14-8-4-5-11)10(13)12-6-2-3-7-12/h9H,2-8,11H2,1H3. The molecule has 0 spiro atoms. The van der Waals surface area contributed by atoms with E-state index in [0.717, 1.165) is 31.8 Å². The molecule has 0 saturated carbocycles. The van der Waals surface area contributed by atoms with Crippen molar-refractivity contribution in [2.45, 2.75) is 31.4 Å². The molecular weight excluding hydrogens is 196 g/mol. The number of thioether (sulfide) groups is 1. The molecule has 1 amide bonds. The van der Waals surface area contributed by atoms with Crippen molar-refractivity contribution < 1.29 is 4.79 Å². The van der Waals surface area contributed by atoms with Crippen molar-refractivity contribution in [1.29, 1.82) is 0 Å². The summed E-state index contributed by atoms with van der Waals surface area (Å²) in [5, 5.41) is 0.111. The number of carbonyl (C=O) groups is 1. The maximum absolute atomic E-state index is 11.8. The van der Waals surface area contributed by atoms with Gasteiger partial charge in [0.1, 0.15) is 0 Å². The number of rotatable bonds is 5. The van der Waals surface area contributed by atoms with Crippen molar-refractivity contribution in [3.63, 3.8) is 0 Å². The highest BCUT2D eigenvalue weighted by atomic mass is 32.2. The van der Waals surface area contributed by atoms with Crippen molar-refractivity contribution >= 4 is 17.7 Å². The van der Waals surface area contributed by atoms with Crippen molar-refractivity contribution in [2.24, 2.45) is 5.73 Å². The van der Waals surface area contributed by atoms with Gasteiger partial charge >= 0.3 is 0 Å². The minimum Gasteiger partial charge on any atom is -0.342 e. The van der Waals surface area contributed by atoms with Crippen LogP contribution < -0.4 is 5.73 Å². The SMILES string of the molecule is CC(SCCCN)C(=O)N1CCCC1. The zero-order valence-electron chi connectivity index (χ0n) is 8.87.